The van der Waals surface area contributed by atoms with Crippen LogP contribution >= 0.6 is 11.6 Å². The third-order valence-corrected chi connectivity index (χ3v) is 6.37. The van der Waals surface area contributed by atoms with Crippen molar-refractivity contribution in [3.8, 4) is 34.0 Å². The second kappa shape index (κ2) is 10.3. The molecule has 2 heterocycles. The fourth-order valence-corrected chi connectivity index (χ4v) is 4.35. The Labute approximate surface area is 209 Å². The topological polar surface area (TPSA) is 64.8 Å². The fraction of sp³-hybridized carbons (Fsp3) is 0.214. The number of anilines is 1. The van der Waals surface area contributed by atoms with Crippen molar-refractivity contribution in [3.05, 3.63) is 83.4 Å². The number of benzene rings is 3. The van der Waals surface area contributed by atoms with Crippen LogP contribution in [0.15, 0.2) is 77.2 Å². The lowest BCUT2D eigenvalue weighted by atomic mass is 10.1. The highest BCUT2D eigenvalue weighted by Crippen LogP contribution is 2.39. The molecule has 0 bridgehead atoms. The maximum atomic E-state index is 11.6. The Morgan fingerprint density at radius 1 is 0.971 bits per heavy atom. The summed E-state index contributed by atoms with van der Waals surface area (Å²) in [5, 5.41) is 0.604. The van der Waals surface area contributed by atoms with Crippen LogP contribution in [0.1, 0.15) is 5.56 Å². The molecular weight excluding hydrogens is 464 g/mol. The number of hydrogen-bond donors (Lipinski definition) is 0. The smallest absolute Gasteiger partial charge is 0.309 e. The van der Waals surface area contributed by atoms with E-state index < -0.39 is 0 Å². The lowest BCUT2D eigenvalue weighted by molar-refractivity contribution is -0.139. The Kier molecular flexibility index (Phi) is 6.84. The number of morpholine rings is 1. The predicted octanol–water partition coefficient (Wildman–Crippen LogP) is 5.88. The minimum Gasteiger partial charge on any atom is -0.469 e. The van der Waals surface area contributed by atoms with Crippen LogP contribution in [0.2, 0.25) is 5.02 Å². The summed E-state index contributed by atoms with van der Waals surface area (Å²) in [6, 6.07) is 23.5. The minimum absolute atomic E-state index is 0.216. The number of ether oxygens (including phenoxy) is 2. The first-order chi connectivity index (χ1) is 17.1. The van der Waals surface area contributed by atoms with Gasteiger partial charge in [0.05, 0.1) is 31.8 Å². The highest BCUT2D eigenvalue weighted by atomic mass is 35.5. The SMILES string of the molecule is COC(=O)Cc1ccc(-c2nc(-c3ccccc3Cl)c(-c3ccc(N4CCOCC4)cc3)o2)cc1. The van der Waals surface area contributed by atoms with E-state index in [1.54, 1.807) is 0 Å². The van der Waals surface area contributed by atoms with Gasteiger partial charge in [0, 0.05) is 35.5 Å². The summed E-state index contributed by atoms with van der Waals surface area (Å²) in [6.45, 7) is 3.23. The number of rotatable bonds is 6. The number of methoxy groups -OCH3 is 1. The van der Waals surface area contributed by atoms with Crippen molar-refractivity contribution in [1.82, 2.24) is 4.98 Å². The molecule has 1 aromatic heterocycles. The standard InChI is InChI=1S/C28H25ClN2O4/c1-33-25(32)18-19-6-8-21(9-7-19)28-30-26(23-4-2-3-5-24(23)29)27(35-28)20-10-12-22(13-11-20)31-14-16-34-17-15-31/h2-13H,14-18H2,1H3. The summed E-state index contributed by atoms with van der Waals surface area (Å²) in [6.07, 6.45) is 0.216. The zero-order valence-corrected chi connectivity index (χ0v) is 20.1. The average molecular weight is 489 g/mol. The van der Waals surface area contributed by atoms with Gasteiger partial charge in [-0.15, -0.1) is 0 Å². The van der Waals surface area contributed by atoms with Crippen LogP contribution in [-0.2, 0) is 20.7 Å². The van der Waals surface area contributed by atoms with Gasteiger partial charge in [-0.2, -0.15) is 0 Å². The van der Waals surface area contributed by atoms with Gasteiger partial charge in [0.1, 0.15) is 5.69 Å². The normalized spacial score (nSPS) is 13.6. The molecule has 1 aliphatic heterocycles. The van der Waals surface area contributed by atoms with Gasteiger partial charge in [0.2, 0.25) is 5.89 Å². The van der Waals surface area contributed by atoms with Gasteiger partial charge in [-0.25, -0.2) is 4.98 Å². The van der Waals surface area contributed by atoms with Crippen molar-refractivity contribution in [2.24, 2.45) is 0 Å². The van der Waals surface area contributed by atoms with Gasteiger partial charge in [0.15, 0.2) is 5.76 Å². The Morgan fingerprint density at radius 3 is 2.34 bits per heavy atom. The van der Waals surface area contributed by atoms with Crippen molar-refractivity contribution < 1.29 is 18.7 Å². The third kappa shape index (κ3) is 5.09. The molecule has 0 radical (unpaired) electrons. The number of nitrogens with zero attached hydrogens (tertiary/aromatic N) is 2. The van der Waals surface area contributed by atoms with Gasteiger partial charge < -0.3 is 18.8 Å². The first-order valence-electron chi connectivity index (χ1n) is 11.5. The van der Waals surface area contributed by atoms with E-state index in [1.165, 1.54) is 7.11 Å². The molecule has 0 unspecified atom stereocenters. The quantitative estimate of drug-likeness (QED) is 0.316. The molecule has 0 saturated carbocycles. The molecule has 5 rings (SSSR count). The first-order valence-corrected chi connectivity index (χ1v) is 11.8. The summed E-state index contributed by atoms with van der Waals surface area (Å²) in [4.78, 5) is 18.7. The zero-order chi connectivity index (χ0) is 24.2. The highest BCUT2D eigenvalue weighted by Gasteiger charge is 2.20. The number of carbonyl (C=O) groups is 1. The van der Waals surface area contributed by atoms with Crippen molar-refractivity contribution in [2.45, 2.75) is 6.42 Å². The molecule has 1 saturated heterocycles. The molecule has 7 heteroatoms. The molecule has 0 aliphatic carbocycles. The van der Waals surface area contributed by atoms with Crippen molar-refractivity contribution in [3.63, 3.8) is 0 Å². The Hall–Kier alpha value is -3.61. The summed E-state index contributed by atoms with van der Waals surface area (Å²) < 4.78 is 16.5. The Bertz CT molecular complexity index is 1310. The number of esters is 1. The molecular formula is C28H25ClN2O4. The molecule has 0 N–H and O–H groups in total. The van der Waals surface area contributed by atoms with Gasteiger partial charge in [-0.05, 0) is 48.0 Å². The number of hydrogen-bond acceptors (Lipinski definition) is 6. The second-order valence-corrected chi connectivity index (χ2v) is 8.68. The Balaban J connectivity index is 1.51. The summed E-state index contributed by atoms with van der Waals surface area (Å²) in [5.41, 5.74) is 5.22. The van der Waals surface area contributed by atoms with Gasteiger partial charge in [0.25, 0.3) is 0 Å². The van der Waals surface area contributed by atoms with E-state index in [9.17, 15) is 4.79 Å². The monoisotopic (exact) mass is 488 g/mol. The van der Waals surface area contributed by atoms with E-state index in [0.717, 1.165) is 54.2 Å². The second-order valence-electron chi connectivity index (χ2n) is 8.27. The van der Waals surface area contributed by atoms with Crippen LogP contribution in [0, 0.1) is 0 Å². The largest absolute Gasteiger partial charge is 0.469 e. The van der Waals surface area contributed by atoms with E-state index >= 15 is 0 Å². The molecule has 0 amide bonds. The van der Waals surface area contributed by atoms with Crippen LogP contribution in [0.25, 0.3) is 34.0 Å². The molecule has 0 atom stereocenters. The van der Waals surface area contributed by atoms with Crippen molar-refractivity contribution >= 4 is 23.3 Å². The minimum atomic E-state index is -0.280. The lowest BCUT2D eigenvalue weighted by Gasteiger charge is -2.28. The highest BCUT2D eigenvalue weighted by molar-refractivity contribution is 6.33. The zero-order valence-electron chi connectivity index (χ0n) is 19.4. The molecule has 0 spiro atoms. The molecule has 178 valence electrons. The summed E-state index contributed by atoms with van der Waals surface area (Å²) >= 11 is 6.54. The van der Waals surface area contributed by atoms with E-state index in [1.807, 2.05) is 48.5 Å². The van der Waals surface area contributed by atoms with Crippen LogP contribution in [0.4, 0.5) is 5.69 Å². The van der Waals surface area contributed by atoms with E-state index in [2.05, 4.69) is 29.2 Å². The predicted molar refractivity (Wildman–Crippen MR) is 137 cm³/mol. The van der Waals surface area contributed by atoms with Crippen LogP contribution in [0.5, 0.6) is 0 Å². The lowest BCUT2D eigenvalue weighted by Crippen LogP contribution is -2.36. The van der Waals surface area contributed by atoms with Crippen LogP contribution < -0.4 is 4.90 Å². The fourth-order valence-electron chi connectivity index (χ4n) is 4.12. The molecule has 35 heavy (non-hydrogen) atoms. The summed E-state index contributed by atoms with van der Waals surface area (Å²) in [7, 11) is 1.38. The Morgan fingerprint density at radius 2 is 1.66 bits per heavy atom. The molecule has 1 fully saturated rings. The first kappa shape index (κ1) is 23.1. The van der Waals surface area contributed by atoms with Crippen molar-refractivity contribution in [2.75, 3.05) is 38.3 Å². The molecule has 4 aromatic rings. The van der Waals surface area contributed by atoms with Crippen LogP contribution in [-0.4, -0.2) is 44.4 Å². The maximum Gasteiger partial charge on any atom is 0.309 e. The van der Waals surface area contributed by atoms with E-state index in [4.69, 9.17) is 30.5 Å². The molecule has 1 aliphatic rings. The summed E-state index contributed by atoms with van der Waals surface area (Å²) in [5.74, 6) is 0.856. The van der Waals surface area contributed by atoms with Gasteiger partial charge >= 0.3 is 5.97 Å². The number of carbonyl (C=O) groups excluding carboxylic acids is 1. The third-order valence-electron chi connectivity index (χ3n) is 6.04. The number of oxazole rings is 1. The number of aromatic nitrogens is 1. The molecule has 6 nitrogen and oxygen atoms in total. The maximum absolute atomic E-state index is 11.6. The van der Waals surface area contributed by atoms with Crippen molar-refractivity contribution in [1.29, 1.82) is 0 Å². The van der Waals surface area contributed by atoms with Gasteiger partial charge in [-0.1, -0.05) is 41.9 Å². The average Bonchev–Trinajstić information content (AvgIpc) is 3.35. The van der Waals surface area contributed by atoms with E-state index in [0.29, 0.717) is 22.4 Å². The molecule has 3 aromatic carbocycles. The van der Waals surface area contributed by atoms with Crippen LogP contribution in [0.3, 0.4) is 0 Å². The van der Waals surface area contributed by atoms with E-state index in [-0.39, 0.29) is 12.4 Å². The number of halogens is 1. The van der Waals surface area contributed by atoms with Gasteiger partial charge in [-0.3, -0.25) is 4.79 Å².